The summed E-state index contributed by atoms with van der Waals surface area (Å²) in [6.45, 7) is 0.789. The highest BCUT2D eigenvalue weighted by molar-refractivity contribution is 5.33. The predicted octanol–water partition coefficient (Wildman–Crippen LogP) is 3.81. The fraction of sp³-hybridized carbons (Fsp3) is 0.571. The second-order valence-electron chi connectivity index (χ2n) is 4.94. The van der Waals surface area contributed by atoms with Crippen LogP contribution in [0.1, 0.15) is 36.3 Å². The lowest BCUT2D eigenvalue weighted by Crippen LogP contribution is -2.22. The molecule has 1 aliphatic rings. The zero-order chi connectivity index (χ0) is 13.2. The van der Waals surface area contributed by atoms with E-state index in [-0.39, 0.29) is 5.92 Å². The summed E-state index contributed by atoms with van der Waals surface area (Å²) in [4.78, 5) is 0. The monoisotopic (exact) mass is 257 g/mol. The average Bonchev–Trinajstić information content (AvgIpc) is 2.77. The van der Waals surface area contributed by atoms with Crippen molar-refractivity contribution in [2.75, 3.05) is 13.6 Å². The summed E-state index contributed by atoms with van der Waals surface area (Å²) in [6, 6.07) is 6.01. The molecule has 2 unspecified atom stereocenters. The van der Waals surface area contributed by atoms with E-state index in [0.717, 1.165) is 25.8 Å². The molecule has 1 aliphatic carbocycles. The third-order valence-corrected chi connectivity index (χ3v) is 3.79. The van der Waals surface area contributed by atoms with Gasteiger partial charge in [0, 0.05) is 0 Å². The van der Waals surface area contributed by atoms with Crippen LogP contribution in [-0.4, -0.2) is 13.6 Å². The van der Waals surface area contributed by atoms with Gasteiger partial charge in [0.05, 0.1) is 5.56 Å². The molecule has 0 amide bonds. The van der Waals surface area contributed by atoms with E-state index in [4.69, 9.17) is 0 Å². The molecule has 100 valence electrons. The van der Waals surface area contributed by atoms with Gasteiger partial charge in [0.1, 0.15) is 0 Å². The highest BCUT2D eigenvalue weighted by Gasteiger charge is 2.38. The Bertz CT molecular complexity index is 400. The molecule has 1 aromatic carbocycles. The first-order valence-corrected chi connectivity index (χ1v) is 6.34. The van der Waals surface area contributed by atoms with Crippen molar-refractivity contribution in [3.8, 4) is 0 Å². The van der Waals surface area contributed by atoms with Crippen LogP contribution in [0.15, 0.2) is 24.3 Å². The second-order valence-corrected chi connectivity index (χ2v) is 4.94. The highest BCUT2D eigenvalue weighted by Crippen LogP contribution is 2.44. The quantitative estimate of drug-likeness (QED) is 0.868. The van der Waals surface area contributed by atoms with Crippen LogP contribution < -0.4 is 5.32 Å². The molecule has 2 atom stereocenters. The van der Waals surface area contributed by atoms with E-state index in [1.54, 1.807) is 12.1 Å². The smallest absolute Gasteiger partial charge is 0.319 e. The van der Waals surface area contributed by atoms with Gasteiger partial charge < -0.3 is 5.32 Å². The summed E-state index contributed by atoms with van der Waals surface area (Å²) in [5.41, 5.74) is 0.0146. The number of halogens is 3. The van der Waals surface area contributed by atoms with Gasteiger partial charge >= 0.3 is 6.18 Å². The second kappa shape index (κ2) is 5.31. The van der Waals surface area contributed by atoms with Gasteiger partial charge in [0.15, 0.2) is 0 Å². The molecule has 0 spiro atoms. The van der Waals surface area contributed by atoms with E-state index in [2.05, 4.69) is 5.32 Å². The molecule has 2 rings (SSSR count). The van der Waals surface area contributed by atoms with Gasteiger partial charge in [-0.05, 0) is 49.9 Å². The van der Waals surface area contributed by atoms with Crippen molar-refractivity contribution in [3.63, 3.8) is 0 Å². The van der Waals surface area contributed by atoms with Crippen molar-refractivity contribution in [1.82, 2.24) is 5.32 Å². The minimum atomic E-state index is -4.25. The molecular weight excluding hydrogens is 239 g/mol. The number of alkyl halides is 3. The molecule has 0 bridgehead atoms. The van der Waals surface area contributed by atoms with Crippen LogP contribution in [0.4, 0.5) is 13.2 Å². The third kappa shape index (κ3) is 2.69. The summed E-state index contributed by atoms with van der Waals surface area (Å²) < 4.78 is 39.0. The fourth-order valence-corrected chi connectivity index (χ4v) is 3.03. The zero-order valence-corrected chi connectivity index (χ0v) is 10.4. The van der Waals surface area contributed by atoms with E-state index < -0.39 is 11.7 Å². The standard InChI is InChI=1S/C14H18F3N/c1-18-9-10-5-4-7-11(10)12-6-2-3-8-13(12)14(15,16)17/h2-3,6,8,10-11,18H,4-5,7,9H2,1H3. The van der Waals surface area contributed by atoms with Crippen molar-refractivity contribution in [3.05, 3.63) is 35.4 Å². The number of benzene rings is 1. The van der Waals surface area contributed by atoms with Crippen LogP contribution in [0.2, 0.25) is 0 Å². The molecule has 0 heterocycles. The Morgan fingerprint density at radius 3 is 2.61 bits per heavy atom. The number of nitrogens with one attached hydrogen (secondary N) is 1. The molecule has 0 aliphatic heterocycles. The highest BCUT2D eigenvalue weighted by atomic mass is 19.4. The Kier molecular flexibility index (Phi) is 3.95. The van der Waals surface area contributed by atoms with Gasteiger partial charge in [-0.3, -0.25) is 0 Å². The Morgan fingerprint density at radius 2 is 1.94 bits per heavy atom. The Balaban J connectivity index is 2.33. The minimum Gasteiger partial charge on any atom is -0.319 e. The number of hydrogen-bond acceptors (Lipinski definition) is 1. The Hall–Kier alpha value is -1.03. The SMILES string of the molecule is CNCC1CCCC1c1ccccc1C(F)(F)F. The van der Waals surface area contributed by atoms with E-state index in [9.17, 15) is 13.2 Å². The van der Waals surface area contributed by atoms with Crippen LogP contribution in [0.5, 0.6) is 0 Å². The predicted molar refractivity (Wildman–Crippen MR) is 65.5 cm³/mol. The van der Waals surface area contributed by atoms with Crippen molar-refractivity contribution < 1.29 is 13.2 Å². The Labute approximate surface area is 105 Å². The average molecular weight is 257 g/mol. The molecule has 0 radical (unpaired) electrons. The van der Waals surface area contributed by atoms with Crippen LogP contribution >= 0.6 is 0 Å². The molecule has 1 saturated carbocycles. The van der Waals surface area contributed by atoms with Gasteiger partial charge in [-0.15, -0.1) is 0 Å². The summed E-state index contributed by atoms with van der Waals surface area (Å²) in [5, 5.41) is 3.09. The van der Waals surface area contributed by atoms with E-state index >= 15 is 0 Å². The Morgan fingerprint density at radius 1 is 1.22 bits per heavy atom. The van der Waals surface area contributed by atoms with Crippen molar-refractivity contribution in [2.24, 2.45) is 5.92 Å². The van der Waals surface area contributed by atoms with E-state index in [0.29, 0.717) is 11.5 Å². The number of hydrogen-bond donors (Lipinski definition) is 1. The van der Waals surface area contributed by atoms with Crippen LogP contribution in [-0.2, 0) is 6.18 Å². The van der Waals surface area contributed by atoms with Crippen molar-refractivity contribution >= 4 is 0 Å². The first-order valence-electron chi connectivity index (χ1n) is 6.34. The first-order chi connectivity index (χ1) is 8.54. The molecule has 1 aromatic rings. The minimum absolute atomic E-state index is 0.0373. The van der Waals surface area contributed by atoms with Crippen LogP contribution in [0, 0.1) is 5.92 Å². The third-order valence-electron chi connectivity index (χ3n) is 3.79. The normalized spacial score (nSPS) is 24.4. The topological polar surface area (TPSA) is 12.0 Å². The largest absolute Gasteiger partial charge is 0.416 e. The lowest BCUT2D eigenvalue weighted by Gasteiger charge is -2.23. The van der Waals surface area contributed by atoms with Crippen molar-refractivity contribution in [1.29, 1.82) is 0 Å². The zero-order valence-electron chi connectivity index (χ0n) is 10.4. The lowest BCUT2D eigenvalue weighted by atomic mass is 9.86. The molecule has 18 heavy (non-hydrogen) atoms. The molecular formula is C14H18F3N. The van der Waals surface area contributed by atoms with Crippen LogP contribution in [0.25, 0.3) is 0 Å². The summed E-state index contributed by atoms with van der Waals surface area (Å²) in [6.07, 6.45) is -1.36. The van der Waals surface area contributed by atoms with E-state index in [1.165, 1.54) is 12.1 Å². The maximum atomic E-state index is 13.0. The first kappa shape index (κ1) is 13.4. The summed E-state index contributed by atoms with van der Waals surface area (Å²) >= 11 is 0. The van der Waals surface area contributed by atoms with Gasteiger partial charge in [0.2, 0.25) is 0 Å². The molecule has 4 heteroatoms. The maximum absolute atomic E-state index is 13.0. The maximum Gasteiger partial charge on any atom is 0.416 e. The van der Waals surface area contributed by atoms with Crippen LogP contribution in [0.3, 0.4) is 0 Å². The lowest BCUT2D eigenvalue weighted by molar-refractivity contribution is -0.138. The molecule has 0 aromatic heterocycles. The van der Waals surface area contributed by atoms with Gasteiger partial charge in [0.25, 0.3) is 0 Å². The number of rotatable bonds is 3. The molecule has 1 nitrogen and oxygen atoms in total. The van der Waals surface area contributed by atoms with Gasteiger partial charge in [-0.25, -0.2) is 0 Å². The van der Waals surface area contributed by atoms with Gasteiger partial charge in [-0.2, -0.15) is 13.2 Å². The van der Waals surface area contributed by atoms with Crippen molar-refractivity contribution in [2.45, 2.75) is 31.4 Å². The molecule has 1 N–H and O–H groups in total. The molecule has 0 saturated heterocycles. The van der Waals surface area contributed by atoms with E-state index in [1.807, 2.05) is 7.05 Å². The van der Waals surface area contributed by atoms with Gasteiger partial charge in [-0.1, -0.05) is 24.6 Å². The molecule has 1 fully saturated rings. The fourth-order valence-electron chi connectivity index (χ4n) is 3.03. The summed E-state index contributed by atoms with van der Waals surface area (Å²) in [5.74, 6) is 0.355. The summed E-state index contributed by atoms with van der Waals surface area (Å²) in [7, 11) is 1.85.